The first-order valence-corrected chi connectivity index (χ1v) is 9.78. The van der Waals surface area contributed by atoms with Gasteiger partial charge in [-0.25, -0.2) is 19.5 Å². The summed E-state index contributed by atoms with van der Waals surface area (Å²) >= 11 is 0. The fourth-order valence-electron chi connectivity index (χ4n) is 3.98. The van der Waals surface area contributed by atoms with Gasteiger partial charge in [0.25, 0.3) is 0 Å². The Balaban J connectivity index is 1.47. The molecule has 1 fully saturated rings. The Kier molecular flexibility index (Phi) is 4.01. The summed E-state index contributed by atoms with van der Waals surface area (Å²) in [6.45, 7) is 4.98. The molecule has 8 heteroatoms. The van der Waals surface area contributed by atoms with Crippen molar-refractivity contribution < 1.29 is 0 Å². The van der Waals surface area contributed by atoms with Crippen molar-refractivity contribution in [3.63, 3.8) is 0 Å². The van der Waals surface area contributed by atoms with Gasteiger partial charge in [-0.1, -0.05) is 0 Å². The number of hydrogen-bond acceptors (Lipinski definition) is 6. The second-order valence-electron chi connectivity index (χ2n) is 7.38. The molecule has 4 aromatic heterocycles. The van der Waals surface area contributed by atoms with E-state index < -0.39 is 0 Å². The molecule has 2 N–H and O–H groups in total. The average molecular weight is 376 g/mol. The number of imidazole rings is 1. The lowest BCUT2D eigenvalue weighted by molar-refractivity contribution is 0.325. The van der Waals surface area contributed by atoms with Crippen molar-refractivity contribution >= 4 is 22.6 Å². The molecule has 1 saturated carbocycles. The van der Waals surface area contributed by atoms with Crippen LogP contribution >= 0.6 is 0 Å². The monoisotopic (exact) mass is 376 g/mol. The minimum Gasteiger partial charge on any atom is -0.350 e. The fourth-order valence-corrected chi connectivity index (χ4v) is 3.98. The summed E-state index contributed by atoms with van der Waals surface area (Å²) in [5, 5.41) is 11.3. The molecule has 5 rings (SSSR count). The van der Waals surface area contributed by atoms with Crippen molar-refractivity contribution in [3.8, 4) is 11.3 Å². The molecule has 4 heterocycles. The molecule has 0 atom stereocenters. The van der Waals surface area contributed by atoms with Crippen molar-refractivity contribution in [1.82, 2.24) is 34.4 Å². The molecule has 1 aliphatic carbocycles. The topological polar surface area (TPSA) is 85.0 Å². The lowest BCUT2D eigenvalue weighted by Crippen LogP contribution is -2.46. The lowest BCUT2D eigenvalue weighted by Gasteiger charge is -2.35. The third kappa shape index (κ3) is 2.72. The van der Waals surface area contributed by atoms with Crippen LogP contribution < -0.4 is 10.6 Å². The van der Waals surface area contributed by atoms with Crippen LogP contribution in [0.25, 0.3) is 27.9 Å². The predicted molar refractivity (Wildman–Crippen MR) is 109 cm³/mol. The Bertz CT molecular complexity index is 1150. The van der Waals surface area contributed by atoms with Crippen molar-refractivity contribution in [2.75, 3.05) is 12.4 Å². The van der Waals surface area contributed by atoms with Crippen molar-refractivity contribution in [2.24, 2.45) is 0 Å². The molecular formula is C20H24N8. The van der Waals surface area contributed by atoms with E-state index >= 15 is 0 Å². The first-order chi connectivity index (χ1) is 13.7. The number of hydrogen-bond donors (Lipinski definition) is 2. The molecule has 28 heavy (non-hydrogen) atoms. The van der Waals surface area contributed by atoms with E-state index in [4.69, 9.17) is 4.98 Å². The molecule has 0 amide bonds. The van der Waals surface area contributed by atoms with Crippen LogP contribution in [0.1, 0.15) is 25.6 Å². The summed E-state index contributed by atoms with van der Waals surface area (Å²) in [5.41, 5.74) is 4.71. The summed E-state index contributed by atoms with van der Waals surface area (Å²) in [5.74, 6) is 1.65. The maximum atomic E-state index is 4.88. The number of pyridine rings is 1. The zero-order valence-corrected chi connectivity index (χ0v) is 16.3. The van der Waals surface area contributed by atoms with Crippen molar-refractivity contribution in [3.05, 3.63) is 36.4 Å². The Morgan fingerprint density at radius 2 is 2.00 bits per heavy atom. The summed E-state index contributed by atoms with van der Waals surface area (Å²) in [7, 11) is 2.00. The van der Waals surface area contributed by atoms with Gasteiger partial charge in [0.1, 0.15) is 11.3 Å². The Labute approximate surface area is 163 Å². The van der Waals surface area contributed by atoms with Crippen LogP contribution in [0.5, 0.6) is 0 Å². The largest absolute Gasteiger partial charge is 0.350 e. The molecule has 0 aliphatic heterocycles. The number of nitrogens with zero attached hydrogens (tertiary/aromatic N) is 6. The fraction of sp³-hybridized carbons (Fsp3) is 0.400. The third-order valence-electron chi connectivity index (χ3n) is 5.67. The molecule has 0 saturated heterocycles. The number of anilines is 1. The summed E-state index contributed by atoms with van der Waals surface area (Å²) < 4.78 is 4.00. The number of aromatic nitrogens is 6. The molecular weight excluding hydrogens is 352 g/mol. The number of rotatable bonds is 5. The van der Waals surface area contributed by atoms with Crippen LogP contribution in [0.4, 0.5) is 5.95 Å². The predicted octanol–water partition coefficient (Wildman–Crippen LogP) is 2.63. The van der Waals surface area contributed by atoms with Crippen LogP contribution in [0.3, 0.4) is 0 Å². The highest BCUT2D eigenvalue weighted by Gasteiger charge is 2.28. The quantitative estimate of drug-likeness (QED) is 0.557. The van der Waals surface area contributed by atoms with E-state index in [2.05, 4.69) is 37.2 Å². The minimum atomic E-state index is 0.437. The SMILES string of the molecule is CCn1c(C)nc2ccc(-c3ccn4nc(NC5CC(NC)C5)ncc34)nc21. The molecule has 1 aliphatic rings. The van der Waals surface area contributed by atoms with Gasteiger partial charge in [0.05, 0.1) is 17.4 Å². The Hall–Kier alpha value is -3.00. The van der Waals surface area contributed by atoms with Gasteiger partial charge in [0.15, 0.2) is 5.65 Å². The van der Waals surface area contributed by atoms with Crippen molar-refractivity contribution in [2.45, 2.75) is 45.3 Å². The zero-order chi connectivity index (χ0) is 19.3. The highest BCUT2D eigenvalue weighted by atomic mass is 15.3. The first kappa shape index (κ1) is 17.1. The first-order valence-electron chi connectivity index (χ1n) is 9.78. The van der Waals surface area contributed by atoms with Gasteiger partial charge in [-0.05, 0) is 51.9 Å². The second-order valence-corrected chi connectivity index (χ2v) is 7.38. The van der Waals surface area contributed by atoms with E-state index in [0.717, 1.165) is 53.1 Å². The van der Waals surface area contributed by atoms with Gasteiger partial charge in [0.2, 0.25) is 5.95 Å². The zero-order valence-electron chi connectivity index (χ0n) is 16.3. The van der Waals surface area contributed by atoms with Crippen LogP contribution in [0, 0.1) is 6.92 Å². The highest BCUT2D eigenvalue weighted by Crippen LogP contribution is 2.27. The van der Waals surface area contributed by atoms with E-state index in [9.17, 15) is 0 Å². The van der Waals surface area contributed by atoms with E-state index in [1.807, 2.05) is 49.1 Å². The third-order valence-corrected chi connectivity index (χ3v) is 5.67. The normalized spacial score (nSPS) is 19.2. The van der Waals surface area contributed by atoms with Crippen molar-refractivity contribution in [1.29, 1.82) is 0 Å². The number of aryl methyl sites for hydroxylation is 2. The van der Waals surface area contributed by atoms with Crippen LogP contribution in [-0.2, 0) is 6.54 Å². The molecule has 0 bridgehead atoms. The molecule has 0 radical (unpaired) electrons. The lowest BCUT2D eigenvalue weighted by atomic mass is 9.87. The maximum absolute atomic E-state index is 4.88. The molecule has 4 aromatic rings. The van der Waals surface area contributed by atoms with E-state index in [1.54, 1.807) is 0 Å². The maximum Gasteiger partial charge on any atom is 0.241 e. The van der Waals surface area contributed by atoms with Crippen LogP contribution in [-0.4, -0.2) is 48.3 Å². The second kappa shape index (κ2) is 6.56. The molecule has 8 nitrogen and oxygen atoms in total. The summed E-state index contributed by atoms with van der Waals surface area (Å²) in [4.78, 5) is 14.0. The highest BCUT2D eigenvalue weighted by molar-refractivity contribution is 5.82. The molecule has 0 aromatic carbocycles. The number of nitrogens with one attached hydrogen (secondary N) is 2. The minimum absolute atomic E-state index is 0.437. The van der Waals surface area contributed by atoms with E-state index in [-0.39, 0.29) is 0 Å². The standard InChI is InChI=1S/C20H24N8/c1-4-27-12(2)23-17-6-5-16(25-19(17)27)15-7-8-28-18(15)11-22-20(26-28)24-14-9-13(10-14)21-3/h5-8,11,13-14,21H,4,9-10H2,1-3H3,(H,24,26). The van der Waals surface area contributed by atoms with E-state index in [0.29, 0.717) is 18.0 Å². The van der Waals surface area contributed by atoms with Gasteiger partial charge in [0, 0.05) is 30.4 Å². The van der Waals surface area contributed by atoms with Crippen LogP contribution in [0.15, 0.2) is 30.6 Å². The average Bonchev–Trinajstić information content (AvgIpc) is 3.23. The summed E-state index contributed by atoms with van der Waals surface area (Å²) in [6, 6.07) is 7.13. The molecule has 0 unspecified atom stereocenters. The molecule has 144 valence electrons. The Morgan fingerprint density at radius 1 is 1.14 bits per heavy atom. The molecule has 0 spiro atoms. The number of fused-ring (bicyclic) bond motifs is 2. The Morgan fingerprint density at radius 3 is 2.79 bits per heavy atom. The van der Waals surface area contributed by atoms with Gasteiger partial charge in [-0.2, -0.15) is 0 Å². The summed E-state index contributed by atoms with van der Waals surface area (Å²) in [6.07, 6.45) is 6.03. The van der Waals surface area contributed by atoms with E-state index in [1.165, 1.54) is 0 Å². The van der Waals surface area contributed by atoms with Gasteiger partial charge in [-0.15, -0.1) is 5.10 Å². The van der Waals surface area contributed by atoms with Gasteiger partial charge >= 0.3 is 0 Å². The van der Waals surface area contributed by atoms with Crippen LogP contribution in [0.2, 0.25) is 0 Å². The van der Waals surface area contributed by atoms with Gasteiger partial charge in [-0.3, -0.25) is 0 Å². The smallest absolute Gasteiger partial charge is 0.241 e. The van der Waals surface area contributed by atoms with Gasteiger partial charge < -0.3 is 15.2 Å².